The van der Waals surface area contributed by atoms with Crippen molar-refractivity contribution in [2.75, 3.05) is 23.8 Å². The van der Waals surface area contributed by atoms with Gasteiger partial charge in [-0.1, -0.05) is 6.07 Å². The second-order valence-corrected chi connectivity index (χ2v) is 6.93. The third-order valence-electron chi connectivity index (χ3n) is 2.91. The summed E-state index contributed by atoms with van der Waals surface area (Å²) in [6.45, 7) is 1.36. The molecule has 0 bridgehead atoms. The third kappa shape index (κ3) is 4.40. The number of carbonyl (C=O) groups excluding carboxylic acids is 1. The van der Waals surface area contributed by atoms with Crippen molar-refractivity contribution >= 4 is 29.4 Å². The number of nitrogens with one attached hydrogen (secondary N) is 1. The van der Waals surface area contributed by atoms with E-state index in [9.17, 15) is 9.18 Å². The average Bonchev–Trinajstić information content (AvgIpc) is 2.41. The van der Waals surface area contributed by atoms with Crippen LogP contribution in [0.3, 0.4) is 0 Å². The van der Waals surface area contributed by atoms with E-state index in [1.165, 1.54) is 17.6 Å². The summed E-state index contributed by atoms with van der Waals surface area (Å²) in [6, 6.07) is 4.38. The number of halogens is 1. The van der Waals surface area contributed by atoms with Crippen LogP contribution in [0.1, 0.15) is 15.9 Å². The van der Waals surface area contributed by atoms with E-state index >= 15 is 0 Å². The summed E-state index contributed by atoms with van der Waals surface area (Å²) >= 11 is 3.94. The number of amides is 1. The molecule has 19 heavy (non-hydrogen) atoms. The van der Waals surface area contributed by atoms with Gasteiger partial charge in [-0.25, -0.2) is 4.39 Å². The predicted molar refractivity (Wildman–Crippen MR) is 80.2 cm³/mol. The van der Waals surface area contributed by atoms with Gasteiger partial charge in [0.05, 0.1) is 0 Å². The van der Waals surface area contributed by atoms with Gasteiger partial charge >= 0.3 is 0 Å². The molecule has 3 N–H and O–H groups in total. The Morgan fingerprint density at radius 3 is 2.95 bits per heavy atom. The zero-order valence-corrected chi connectivity index (χ0v) is 12.2. The lowest BCUT2D eigenvalue weighted by Crippen LogP contribution is -2.28. The second-order valence-electron chi connectivity index (χ2n) is 4.37. The van der Waals surface area contributed by atoms with Crippen LogP contribution in [-0.4, -0.2) is 35.0 Å². The summed E-state index contributed by atoms with van der Waals surface area (Å²) in [7, 11) is 0. The molecular weight excluding hydrogens is 283 g/mol. The van der Waals surface area contributed by atoms with Gasteiger partial charge in [0, 0.05) is 46.7 Å². The molecule has 1 saturated heterocycles. The van der Waals surface area contributed by atoms with Gasteiger partial charge in [0.2, 0.25) is 5.91 Å². The van der Waals surface area contributed by atoms with Crippen LogP contribution >= 0.6 is 23.5 Å². The Hall–Kier alpha value is -0.720. The summed E-state index contributed by atoms with van der Waals surface area (Å²) in [4.78, 5) is 10.9. The topological polar surface area (TPSA) is 55.1 Å². The Bertz CT molecular complexity index is 450. The number of thioether (sulfide) groups is 2. The number of rotatable bonds is 5. The zero-order chi connectivity index (χ0) is 13.7. The Kier molecular flexibility index (Phi) is 5.54. The molecule has 6 heteroatoms. The van der Waals surface area contributed by atoms with Crippen LogP contribution in [-0.2, 0) is 6.54 Å². The first kappa shape index (κ1) is 14.7. The van der Waals surface area contributed by atoms with Crippen molar-refractivity contribution in [1.82, 2.24) is 5.32 Å². The third-order valence-corrected chi connectivity index (χ3v) is 5.75. The molecule has 1 aromatic rings. The lowest BCUT2D eigenvalue weighted by molar-refractivity contribution is 0.1000. The first-order chi connectivity index (χ1) is 9.16. The maximum atomic E-state index is 13.7. The summed E-state index contributed by atoms with van der Waals surface area (Å²) in [6.07, 6.45) is 0. The quantitative estimate of drug-likeness (QED) is 0.871. The molecule has 1 heterocycles. The van der Waals surface area contributed by atoms with Crippen LogP contribution in [0, 0.1) is 5.82 Å². The SMILES string of the molecule is NC(=O)c1ccc(CNCC2CSCCS2)c(F)c1. The van der Waals surface area contributed by atoms with Crippen LogP contribution in [0.25, 0.3) is 0 Å². The molecule has 1 aliphatic rings. The lowest BCUT2D eigenvalue weighted by atomic mass is 10.1. The maximum absolute atomic E-state index is 13.7. The Morgan fingerprint density at radius 1 is 1.47 bits per heavy atom. The van der Waals surface area contributed by atoms with Crippen LogP contribution in [0.4, 0.5) is 4.39 Å². The highest BCUT2D eigenvalue weighted by Gasteiger charge is 2.14. The van der Waals surface area contributed by atoms with Crippen molar-refractivity contribution in [3.05, 3.63) is 35.1 Å². The highest BCUT2D eigenvalue weighted by atomic mass is 32.2. The molecule has 0 saturated carbocycles. The molecule has 2 rings (SSSR count). The van der Waals surface area contributed by atoms with Crippen molar-refractivity contribution in [1.29, 1.82) is 0 Å². The monoisotopic (exact) mass is 300 g/mol. The molecule has 1 aromatic carbocycles. The minimum Gasteiger partial charge on any atom is -0.366 e. The Morgan fingerprint density at radius 2 is 2.32 bits per heavy atom. The van der Waals surface area contributed by atoms with Crippen molar-refractivity contribution in [3.8, 4) is 0 Å². The number of carbonyl (C=O) groups is 1. The number of primary amides is 1. The summed E-state index contributed by atoms with van der Waals surface area (Å²) in [5.41, 5.74) is 5.88. The van der Waals surface area contributed by atoms with E-state index < -0.39 is 5.91 Å². The standard InChI is InChI=1S/C13H17FN2OS2/c14-12-5-9(13(15)17)1-2-10(12)6-16-7-11-8-18-3-4-19-11/h1-2,5,11,16H,3-4,6-8H2,(H2,15,17). The highest BCUT2D eigenvalue weighted by molar-refractivity contribution is 8.06. The van der Waals surface area contributed by atoms with Crippen LogP contribution < -0.4 is 11.1 Å². The fourth-order valence-electron chi connectivity index (χ4n) is 1.87. The first-order valence-corrected chi connectivity index (χ1v) is 8.35. The van der Waals surface area contributed by atoms with Crippen LogP contribution in [0.5, 0.6) is 0 Å². The van der Waals surface area contributed by atoms with E-state index in [1.54, 1.807) is 12.1 Å². The van der Waals surface area contributed by atoms with Gasteiger partial charge in [0.1, 0.15) is 5.82 Å². The summed E-state index contributed by atoms with van der Waals surface area (Å²) in [5.74, 6) is 2.59. The van der Waals surface area contributed by atoms with Crippen molar-refractivity contribution < 1.29 is 9.18 Å². The molecule has 0 aromatic heterocycles. The first-order valence-electron chi connectivity index (χ1n) is 6.15. The molecule has 3 nitrogen and oxygen atoms in total. The number of hydrogen-bond donors (Lipinski definition) is 2. The Balaban J connectivity index is 1.83. The molecule has 1 amide bonds. The molecule has 1 fully saturated rings. The fourth-order valence-corrected chi connectivity index (χ4v) is 4.51. The van der Waals surface area contributed by atoms with E-state index in [0.29, 0.717) is 17.4 Å². The molecule has 1 unspecified atom stereocenters. The molecule has 0 aliphatic carbocycles. The van der Waals surface area contributed by atoms with Gasteiger partial charge in [-0.2, -0.15) is 23.5 Å². The van der Waals surface area contributed by atoms with Crippen molar-refractivity contribution in [2.45, 2.75) is 11.8 Å². The molecule has 0 spiro atoms. The fraction of sp³-hybridized carbons (Fsp3) is 0.462. The lowest BCUT2D eigenvalue weighted by Gasteiger charge is -2.21. The normalized spacial score (nSPS) is 19.3. The summed E-state index contributed by atoms with van der Waals surface area (Å²) in [5, 5.41) is 3.87. The van der Waals surface area contributed by atoms with Gasteiger partial charge in [-0.15, -0.1) is 0 Å². The van der Waals surface area contributed by atoms with Crippen LogP contribution in [0.2, 0.25) is 0 Å². The average molecular weight is 300 g/mol. The molecule has 104 valence electrons. The van der Waals surface area contributed by atoms with Crippen LogP contribution in [0.15, 0.2) is 18.2 Å². The van der Waals surface area contributed by atoms with E-state index in [-0.39, 0.29) is 11.4 Å². The highest BCUT2D eigenvalue weighted by Crippen LogP contribution is 2.23. The number of hydrogen-bond acceptors (Lipinski definition) is 4. The minimum absolute atomic E-state index is 0.209. The predicted octanol–water partition coefficient (Wildman–Crippen LogP) is 1.86. The van der Waals surface area contributed by atoms with Gasteiger partial charge in [-0.3, -0.25) is 4.79 Å². The summed E-state index contributed by atoms with van der Waals surface area (Å²) < 4.78 is 13.7. The largest absolute Gasteiger partial charge is 0.366 e. The van der Waals surface area contributed by atoms with Gasteiger partial charge < -0.3 is 11.1 Å². The second kappa shape index (κ2) is 7.17. The van der Waals surface area contributed by atoms with Gasteiger partial charge in [-0.05, 0) is 12.1 Å². The van der Waals surface area contributed by atoms with Crippen molar-refractivity contribution in [3.63, 3.8) is 0 Å². The van der Waals surface area contributed by atoms with E-state index in [4.69, 9.17) is 5.73 Å². The van der Waals surface area contributed by atoms with E-state index in [2.05, 4.69) is 5.32 Å². The molecular formula is C13H17FN2OS2. The maximum Gasteiger partial charge on any atom is 0.248 e. The smallest absolute Gasteiger partial charge is 0.248 e. The molecule has 1 aliphatic heterocycles. The van der Waals surface area contributed by atoms with E-state index in [0.717, 1.165) is 12.3 Å². The molecule has 0 radical (unpaired) electrons. The molecule has 1 atom stereocenters. The van der Waals surface area contributed by atoms with Gasteiger partial charge in [0.15, 0.2) is 0 Å². The van der Waals surface area contributed by atoms with E-state index in [1.807, 2.05) is 23.5 Å². The zero-order valence-electron chi connectivity index (χ0n) is 10.5. The van der Waals surface area contributed by atoms with Gasteiger partial charge in [0.25, 0.3) is 0 Å². The number of nitrogens with two attached hydrogens (primary N) is 1. The Labute approximate surface area is 120 Å². The minimum atomic E-state index is -0.603. The van der Waals surface area contributed by atoms with Crippen molar-refractivity contribution in [2.24, 2.45) is 5.73 Å². The number of benzene rings is 1.